The van der Waals surface area contributed by atoms with Crippen LogP contribution in [0, 0.1) is 6.92 Å². The van der Waals surface area contributed by atoms with Crippen LogP contribution in [-0.4, -0.2) is 26.7 Å². The molecule has 31 heavy (non-hydrogen) atoms. The van der Waals surface area contributed by atoms with Gasteiger partial charge in [-0.3, -0.25) is 4.79 Å². The summed E-state index contributed by atoms with van der Waals surface area (Å²) in [5.41, 5.74) is 4.66. The van der Waals surface area contributed by atoms with Gasteiger partial charge in [-0.25, -0.2) is 9.97 Å². The number of hydrogen-bond donors (Lipinski definition) is 1. The average molecular weight is 434 g/mol. The monoisotopic (exact) mass is 433 g/mol. The summed E-state index contributed by atoms with van der Waals surface area (Å²) < 4.78 is 6.04. The quantitative estimate of drug-likeness (QED) is 0.430. The number of fused-ring (bicyclic) bond motifs is 1. The van der Waals surface area contributed by atoms with Gasteiger partial charge in [-0.1, -0.05) is 59.8 Å². The molecule has 160 valence electrons. The molecule has 2 heterocycles. The molecular formula is C25H27N3O2S. The molecule has 5 nitrogen and oxygen atoms in total. The molecule has 0 spiro atoms. The first-order chi connectivity index (χ1) is 14.8. The van der Waals surface area contributed by atoms with Crippen molar-refractivity contribution in [3.8, 4) is 11.4 Å². The van der Waals surface area contributed by atoms with Gasteiger partial charge < -0.3 is 10.1 Å². The van der Waals surface area contributed by atoms with Crippen LogP contribution < -0.4 is 5.32 Å². The molecule has 1 aliphatic rings. The van der Waals surface area contributed by atoms with Gasteiger partial charge in [0.05, 0.1) is 23.2 Å². The van der Waals surface area contributed by atoms with E-state index in [0.717, 1.165) is 27.5 Å². The Balaban J connectivity index is 1.64. The van der Waals surface area contributed by atoms with Gasteiger partial charge in [0.2, 0.25) is 5.91 Å². The summed E-state index contributed by atoms with van der Waals surface area (Å²) in [5, 5.41) is 3.47. The molecule has 0 aliphatic carbocycles. The Morgan fingerprint density at radius 3 is 2.52 bits per heavy atom. The Hall–Kier alpha value is -2.70. The van der Waals surface area contributed by atoms with E-state index in [1.54, 1.807) is 0 Å². The number of nitrogens with one attached hydrogen (secondary N) is 1. The largest absolute Gasteiger partial charge is 0.370 e. The van der Waals surface area contributed by atoms with Gasteiger partial charge in [-0.05, 0) is 39.8 Å². The minimum absolute atomic E-state index is 0.0579. The highest BCUT2D eigenvalue weighted by atomic mass is 32.2. The number of aromatic nitrogens is 2. The predicted molar refractivity (Wildman–Crippen MR) is 125 cm³/mol. The maximum Gasteiger partial charge on any atom is 0.237 e. The third-order valence-electron chi connectivity index (χ3n) is 5.26. The standard InChI is InChI=1S/C25H27N3O2S/c1-16-10-12-18(13-11-16)22-27-21-14-25(3,4)30-15-20(21)24(28-22)31-17(2)23(29)26-19-8-6-5-7-9-19/h5-13,17H,14-15H2,1-4H3,(H,26,29)/t17-/m0/s1. The summed E-state index contributed by atoms with van der Waals surface area (Å²) >= 11 is 1.45. The van der Waals surface area contributed by atoms with Crippen LogP contribution in [0.1, 0.15) is 37.6 Å². The maximum absolute atomic E-state index is 12.8. The van der Waals surface area contributed by atoms with E-state index in [1.165, 1.54) is 17.3 Å². The van der Waals surface area contributed by atoms with Crippen molar-refractivity contribution in [1.82, 2.24) is 9.97 Å². The Kier molecular flexibility index (Phi) is 6.12. The van der Waals surface area contributed by atoms with Crippen LogP contribution in [0.15, 0.2) is 59.6 Å². The van der Waals surface area contributed by atoms with Crippen molar-refractivity contribution in [2.24, 2.45) is 0 Å². The molecule has 3 aromatic rings. The smallest absolute Gasteiger partial charge is 0.237 e. The zero-order chi connectivity index (χ0) is 22.0. The van der Waals surface area contributed by atoms with E-state index in [0.29, 0.717) is 18.9 Å². The molecule has 6 heteroatoms. The highest BCUT2D eigenvalue weighted by molar-refractivity contribution is 8.00. The van der Waals surface area contributed by atoms with E-state index < -0.39 is 0 Å². The lowest BCUT2D eigenvalue weighted by atomic mass is 9.96. The number of amides is 1. The maximum atomic E-state index is 12.8. The van der Waals surface area contributed by atoms with Crippen LogP contribution in [0.4, 0.5) is 5.69 Å². The van der Waals surface area contributed by atoms with E-state index in [2.05, 4.69) is 38.2 Å². The van der Waals surface area contributed by atoms with Gasteiger partial charge in [0.15, 0.2) is 5.82 Å². The fourth-order valence-corrected chi connectivity index (χ4v) is 4.40. The number of thioether (sulfide) groups is 1. The number of para-hydroxylation sites is 1. The van der Waals surface area contributed by atoms with Gasteiger partial charge in [-0.15, -0.1) is 0 Å². The third-order valence-corrected chi connectivity index (χ3v) is 6.39. The summed E-state index contributed by atoms with van der Waals surface area (Å²) in [5.74, 6) is 0.632. The molecule has 0 fully saturated rings. The molecular weight excluding hydrogens is 406 g/mol. The second kappa shape index (κ2) is 8.81. The summed E-state index contributed by atoms with van der Waals surface area (Å²) in [4.78, 5) is 22.5. The molecule has 0 radical (unpaired) electrons. The van der Waals surface area contributed by atoms with E-state index in [-0.39, 0.29) is 16.8 Å². The van der Waals surface area contributed by atoms with Gasteiger partial charge in [0.1, 0.15) is 5.03 Å². The zero-order valence-electron chi connectivity index (χ0n) is 18.3. The van der Waals surface area contributed by atoms with Gasteiger partial charge in [-0.2, -0.15) is 0 Å². The van der Waals surface area contributed by atoms with Crippen molar-refractivity contribution >= 4 is 23.4 Å². The Morgan fingerprint density at radius 2 is 1.81 bits per heavy atom. The SMILES string of the molecule is Cc1ccc(-c2nc3c(c(S[C@@H](C)C(=O)Nc4ccccc4)n2)COC(C)(C)C3)cc1. The van der Waals surface area contributed by atoms with Crippen molar-refractivity contribution in [3.63, 3.8) is 0 Å². The summed E-state index contributed by atoms with van der Waals surface area (Å²) in [6, 6.07) is 17.7. The van der Waals surface area contributed by atoms with E-state index in [9.17, 15) is 4.79 Å². The topological polar surface area (TPSA) is 64.1 Å². The predicted octanol–water partition coefficient (Wildman–Crippen LogP) is 5.42. The second-order valence-electron chi connectivity index (χ2n) is 8.48. The van der Waals surface area contributed by atoms with Crippen molar-refractivity contribution in [2.45, 2.75) is 56.6 Å². The molecule has 0 saturated carbocycles. The fraction of sp³-hybridized carbons (Fsp3) is 0.320. The lowest BCUT2D eigenvalue weighted by Crippen LogP contribution is -2.33. The highest BCUT2D eigenvalue weighted by Crippen LogP contribution is 2.35. The third kappa shape index (κ3) is 5.14. The van der Waals surface area contributed by atoms with Gasteiger partial charge >= 0.3 is 0 Å². The molecule has 0 saturated heterocycles. The number of benzene rings is 2. The van der Waals surface area contributed by atoms with Crippen LogP contribution in [0.3, 0.4) is 0 Å². The van der Waals surface area contributed by atoms with Crippen LogP contribution in [0.25, 0.3) is 11.4 Å². The summed E-state index contributed by atoms with van der Waals surface area (Å²) in [6.45, 7) is 8.56. The fourth-order valence-electron chi connectivity index (χ4n) is 3.44. The molecule has 1 amide bonds. The molecule has 0 bridgehead atoms. The number of anilines is 1. The number of carbonyl (C=O) groups is 1. The van der Waals surface area contributed by atoms with Crippen LogP contribution >= 0.6 is 11.8 Å². The molecule has 1 aliphatic heterocycles. The number of rotatable bonds is 5. The number of nitrogens with zero attached hydrogens (tertiary/aromatic N) is 2. The highest BCUT2D eigenvalue weighted by Gasteiger charge is 2.31. The Labute approximate surface area is 187 Å². The van der Waals surface area contributed by atoms with Crippen molar-refractivity contribution in [2.75, 3.05) is 5.32 Å². The zero-order valence-corrected chi connectivity index (χ0v) is 19.1. The first-order valence-electron chi connectivity index (χ1n) is 10.4. The van der Waals surface area contributed by atoms with Crippen LogP contribution in [-0.2, 0) is 22.6 Å². The second-order valence-corrected chi connectivity index (χ2v) is 9.81. The van der Waals surface area contributed by atoms with Crippen molar-refractivity contribution < 1.29 is 9.53 Å². The minimum atomic E-state index is -0.319. The van der Waals surface area contributed by atoms with E-state index in [4.69, 9.17) is 14.7 Å². The lowest BCUT2D eigenvalue weighted by molar-refractivity contribution is -0.115. The summed E-state index contributed by atoms with van der Waals surface area (Å²) in [6.07, 6.45) is 0.710. The molecule has 4 rings (SSSR count). The van der Waals surface area contributed by atoms with E-state index in [1.807, 2.05) is 49.4 Å². The number of aryl methyl sites for hydroxylation is 1. The molecule has 1 atom stereocenters. The van der Waals surface area contributed by atoms with Gasteiger partial charge in [0, 0.05) is 23.2 Å². The molecule has 0 unspecified atom stereocenters. The van der Waals surface area contributed by atoms with Crippen LogP contribution in [0.5, 0.6) is 0 Å². The molecule has 2 aromatic carbocycles. The number of carbonyl (C=O) groups excluding carboxylic acids is 1. The first kappa shape index (κ1) is 21.5. The summed E-state index contributed by atoms with van der Waals surface area (Å²) in [7, 11) is 0. The van der Waals surface area contributed by atoms with Crippen LogP contribution in [0.2, 0.25) is 0 Å². The average Bonchev–Trinajstić information content (AvgIpc) is 2.73. The Morgan fingerprint density at radius 1 is 1.10 bits per heavy atom. The molecule has 1 aromatic heterocycles. The number of hydrogen-bond acceptors (Lipinski definition) is 5. The van der Waals surface area contributed by atoms with Gasteiger partial charge in [0.25, 0.3) is 0 Å². The van der Waals surface area contributed by atoms with E-state index >= 15 is 0 Å². The Bertz CT molecular complexity index is 1080. The number of ether oxygens (including phenoxy) is 1. The normalized spacial score (nSPS) is 15.7. The molecule has 1 N–H and O–H groups in total. The minimum Gasteiger partial charge on any atom is -0.370 e. The van der Waals surface area contributed by atoms with Crippen molar-refractivity contribution in [3.05, 3.63) is 71.4 Å². The first-order valence-corrected chi connectivity index (χ1v) is 11.3. The lowest BCUT2D eigenvalue weighted by Gasteiger charge is -2.32. The van der Waals surface area contributed by atoms with Crippen molar-refractivity contribution in [1.29, 1.82) is 0 Å².